The second kappa shape index (κ2) is 6.98. The highest BCUT2D eigenvalue weighted by atomic mass is 16.2. The lowest BCUT2D eigenvalue weighted by molar-refractivity contribution is -0.122. The molecule has 4 aromatic rings. The van der Waals surface area contributed by atoms with Crippen LogP contribution in [-0.2, 0) is 17.8 Å². The lowest BCUT2D eigenvalue weighted by Gasteiger charge is -2.14. The number of nitrogens with zero attached hydrogens (tertiary/aromatic N) is 1. The van der Waals surface area contributed by atoms with Gasteiger partial charge < -0.3 is 16.0 Å². The van der Waals surface area contributed by atoms with E-state index < -0.39 is 6.04 Å². The van der Waals surface area contributed by atoms with Crippen molar-refractivity contribution >= 4 is 27.7 Å². The number of amides is 1. The molecule has 0 fully saturated rings. The number of aromatic amines is 1. The molecule has 0 saturated heterocycles. The van der Waals surface area contributed by atoms with E-state index in [9.17, 15) is 4.79 Å². The maximum atomic E-state index is 12.4. The minimum atomic E-state index is -0.593. The highest BCUT2D eigenvalue weighted by Gasteiger charge is 2.15. The van der Waals surface area contributed by atoms with Crippen molar-refractivity contribution in [3.05, 3.63) is 78.1 Å². The maximum Gasteiger partial charge on any atom is 0.237 e. The van der Waals surface area contributed by atoms with Gasteiger partial charge in [0.25, 0.3) is 0 Å². The van der Waals surface area contributed by atoms with Crippen LogP contribution in [0.4, 0.5) is 0 Å². The lowest BCUT2D eigenvalue weighted by atomic mass is 9.99. The van der Waals surface area contributed by atoms with Crippen LogP contribution in [0.2, 0.25) is 0 Å². The van der Waals surface area contributed by atoms with Crippen molar-refractivity contribution in [1.29, 1.82) is 0 Å². The van der Waals surface area contributed by atoms with Crippen molar-refractivity contribution in [3.8, 4) is 0 Å². The van der Waals surface area contributed by atoms with Gasteiger partial charge in [-0.15, -0.1) is 0 Å². The monoisotopic (exact) mass is 344 g/mol. The third kappa shape index (κ3) is 3.30. The molecule has 0 spiro atoms. The summed E-state index contributed by atoms with van der Waals surface area (Å²) in [6.07, 6.45) is 4.11. The van der Waals surface area contributed by atoms with E-state index in [4.69, 9.17) is 5.73 Å². The predicted octanol–water partition coefficient (Wildman–Crippen LogP) is 2.90. The van der Waals surface area contributed by atoms with Crippen molar-refractivity contribution in [2.45, 2.75) is 19.0 Å². The van der Waals surface area contributed by atoms with Crippen LogP contribution >= 0.6 is 0 Å². The highest BCUT2D eigenvalue weighted by Crippen LogP contribution is 2.19. The first kappa shape index (κ1) is 16.3. The van der Waals surface area contributed by atoms with Crippen LogP contribution in [0.15, 0.2) is 67.0 Å². The number of nitrogens with one attached hydrogen (secondary N) is 2. The van der Waals surface area contributed by atoms with Gasteiger partial charge >= 0.3 is 0 Å². The fraction of sp³-hybridized carbons (Fsp3) is 0.143. The summed E-state index contributed by atoms with van der Waals surface area (Å²) in [5.74, 6) is -0.160. The van der Waals surface area contributed by atoms with Crippen LogP contribution in [-0.4, -0.2) is 21.9 Å². The van der Waals surface area contributed by atoms with Crippen molar-refractivity contribution in [1.82, 2.24) is 15.3 Å². The Kier molecular flexibility index (Phi) is 4.37. The first-order valence-electron chi connectivity index (χ1n) is 8.62. The normalized spacial score (nSPS) is 12.3. The Morgan fingerprint density at radius 2 is 1.96 bits per heavy atom. The van der Waals surface area contributed by atoms with Crippen LogP contribution in [0.3, 0.4) is 0 Å². The number of carbonyl (C=O) groups is 1. The molecule has 5 nitrogen and oxygen atoms in total. The van der Waals surface area contributed by atoms with E-state index in [-0.39, 0.29) is 5.91 Å². The number of fused-ring (bicyclic) bond motifs is 2. The molecule has 5 heteroatoms. The Morgan fingerprint density at radius 1 is 1.12 bits per heavy atom. The van der Waals surface area contributed by atoms with Gasteiger partial charge in [-0.2, -0.15) is 0 Å². The molecule has 1 unspecified atom stereocenters. The minimum absolute atomic E-state index is 0.160. The van der Waals surface area contributed by atoms with Crippen molar-refractivity contribution in [2.24, 2.45) is 5.73 Å². The molecule has 1 amide bonds. The zero-order valence-corrected chi connectivity index (χ0v) is 14.3. The first-order valence-corrected chi connectivity index (χ1v) is 8.62. The van der Waals surface area contributed by atoms with E-state index in [1.54, 1.807) is 6.20 Å². The second-order valence-electron chi connectivity index (χ2n) is 6.43. The lowest BCUT2D eigenvalue weighted by Crippen LogP contribution is -2.41. The summed E-state index contributed by atoms with van der Waals surface area (Å²) in [7, 11) is 0. The van der Waals surface area contributed by atoms with Crippen LogP contribution in [0, 0.1) is 0 Å². The quantitative estimate of drug-likeness (QED) is 0.520. The topological polar surface area (TPSA) is 83.8 Å². The van der Waals surface area contributed by atoms with E-state index in [1.165, 1.54) is 0 Å². The molecule has 1 atom stereocenters. The standard InChI is InChI=1S/C21H20N4O/c22-19(11-16-6-3-5-15-4-1-2-7-18(15)16)21(26)25-13-14-10-17-8-9-23-20(17)24-12-14/h1-10,12,19H,11,13,22H2,(H,23,24)(H,25,26). The number of hydrogen-bond acceptors (Lipinski definition) is 3. The van der Waals surface area contributed by atoms with Gasteiger partial charge in [0.15, 0.2) is 0 Å². The van der Waals surface area contributed by atoms with E-state index >= 15 is 0 Å². The molecular formula is C21H20N4O. The molecular weight excluding hydrogens is 324 g/mol. The van der Waals surface area contributed by atoms with Crippen molar-refractivity contribution in [3.63, 3.8) is 0 Å². The number of H-pyrrole nitrogens is 1. The molecule has 0 aliphatic carbocycles. The summed E-state index contributed by atoms with van der Waals surface area (Å²) >= 11 is 0. The van der Waals surface area contributed by atoms with Gasteiger partial charge in [0.1, 0.15) is 5.65 Å². The third-order valence-electron chi connectivity index (χ3n) is 4.58. The molecule has 4 N–H and O–H groups in total. The zero-order chi connectivity index (χ0) is 17.9. The van der Waals surface area contributed by atoms with Gasteiger partial charge in [-0.25, -0.2) is 4.98 Å². The summed E-state index contributed by atoms with van der Waals surface area (Å²) in [5.41, 5.74) is 9.02. The van der Waals surface area contributed by atoms with E-state index in [0.717, 1.165) is 32.9 Å². The summed E-state index contributed by atoms with van der Waals surface area (Å²) in [5, 5.41) is 6.23. The van der Waals surface area contributed by atoms with E-state index in [1.807, 2.05) is 42.6 Å². The zero-order valence-electron chi connectivity index (χ0n) is 14.3. The predicted molar refractivity (Wildman–Crippen MR) is 104 cm³/mol. The summed E-state index contributed by atoms with van der Waals surface area (Å²) in [4.78, 5) is 19.8. The molecule has 0 saturated carbocycles. The molecule has 0 bridgehead atoms. The summed E-state index contributed by atoms with van der Waals surface area (Å²) in [6, 6.07) is 17.6. The van der Waals surface area contributed by atoms with Crippen LogP contribution in [0.25, 0.3) is 21.8 Å². The Hall–Kier alpha value is -3.18. The molecule has 0 radical (unpaired) electrons. The summed E-state index contributed by atoms with van der Waals surface area (Å²) < 4.78 is 0. The molecule has 0 aliphatic rings. The van der Waals surface area contributed by atoms with Crippen LogP contribution in [0.1, 0.15) is 11.1 Å². The number of aromatic nitrogens is 2. The Bertz CT molecular complexity index is 1060. The number of carbonyl (C=O) groups excluding carboxylic acids is 1. The number of pyridine rings is 1. The summed E-state index contributed by atoms with van der Waals surface area (Å²) in [6.45, 7) is 0.413. The van der Waals surface area contributed by atoms with Crippen LogP contribution in [0.5, 0.6) is 0 Å². The Labute approximate surface area is 151 Å². The van der Waals surface area contributed by atoms with E-state index in [0.29, 0.717) is 13.0 Å². The minimum Gasteiger partial charge on any atom is -0.351 e. The molecule has 2 aromatic heterocycles. The largest absolute Gasteiger partial charge is 0.351 e. The smallest absolute Gasteiger partial charge is 0.237 e. The third-order valence-corrected chi connectivity index (χ3v) is 4.58. The number of hydrogen-bond donors (Lipinski definition) is 3. The molecule has 0 aliphatic heterocycles. The molecule has 4 rings (SSSR count). The Morgan fingerprint density at radius 3 is 2.88 bits per heavy atom. The average molecular weight is 344 g/mol. The number of rotatable bonds is 5. The van der Waals surface area contributed by atoms with Crippen LogP contribution < -0.4 is 11.1 Å². The Balaban J connectivity index is 1.42. The fourth-order valence-corrected chi connectivity index (χ4v) is 3.20. The maximum absolute atomic E-state index is 12.4. The number of benzene rings is 2. The van der Waals surface area contributed by atoms with Gasteiger partial charge in [-0.05, 0) is 40.5 Å². The SMILES string of the molecule is NC(Cc1cccc2ccccc12)C(=O)NCc1cnc2[nH]ccc2c1. The average Bonchev–Trinajstić information content (AvgIpc) is 3.14. The van der Waals surface area contributed by atoms with Gasteiger partial charge in [0, 0.05) is 24.3 Å². The first-order chi connectivity index (χ1) is 12.7. The highest BCUT2D eigenvalue weighted by molar-refractivity contribution is 5.87. The van der Waals surface area contributed by atoms with Crippen molar-refractivity contribution < 1.29 is 4.79 Å². The van der Waals surface area contributed by atoms with Gasteiger partial charge in [-0.3, -0.25) is 4.79 Å². The fourth-order valence-electron chi connectivity index (χ4n) is 3.20. The molecule has 130 valence electrons. The van der Waals surface area contributed by atoms with E-state index in [2.05, 4.69) is 33.5 Å². The molecule has 2 aromatic carbocycles. The molecule has 26 heavy (non-hydrogen) atoms. The molecule has 2 heterocycles. The van der Waals surface area contributed by atoms with Gasteiger partial charge in [-0.1, -0.05) is 42.5 Å². The van der Waals surface area contributed by atoms with Crippen molar-refractivity contribution in [2.75, 3.05) is 0 Å². The number of nitrogens with two attached hydrogens (primary N) is 1. The second-order valence-corrected chi connectivity index (χ2v) is 6.43. The van der Waals surface area contributed by atoms with Gasteiger partial charge in [0.2, 0.25) is 5.91 Å². The van der Waals surface area contributed by atoms with Gasteiger partial charge in [0.05, 0.1) is 6.04 Å².